The van der Waals surface area contributed by atoms with Gasteiger partial charge in [0.1, 0.15) is 18.2 Å². The summed E-state index contributed by atoms with van der Waals surface area (Å²) in [5, 5.41) is 8.25. The fourth-order valence-electron chi connectivity index (χ4n) is 4.59. The highest BCUT2D eigenvalue weighted by Crippen LogP contribution is 2.48. The summed E-state index contributed by atoms with van der Waals surface area (Å²) in [6.45, 7) is 3.75. The van der Waals surface area contributed by atoms with Gasteiger partial charge >= 0.3 is 0 Å². The molecule has 2 atom stereocenters. The van der Waals surface area contributed by atoms with Crippen LogP contribution in [0, 0.1) is 5.82 Å². The zero-order valence-corrected chi connectivity index (χ0v) is 23.2. The second-order valence-electron chi connectivity index (χ2n) is 9.44. The number of carbonyl (C=O) groups is 2. The molecule has 0 unspecified atom stereocenters. The van der Waals surface area contributed by atoms with Gasteiger partial charge in [0.2, 0.25) is 11.8 Å². The van der Waals surface area contributed by atoms with Crippen LogP contribution in [0.2, 0.25) is 5.02 Å². The quantitative estimate of drug-likeness (QED) is 0.282. The second-order valence-corrected chi connectivity index (χ2v) is 11.0. The van der Waals surface area contributed by atoms with Crippen molar-refractivity contribution < 1.29 is 14.0 Å². The molecule has 3 aromatic carbocycles. The van der Waals surface area contributed by atoms with E-state index < -0.39 is 0 Å². The zero-order chi connectivity index (χ0) is 27.5. The molecule has 0 aliphatic carbocycles. The molecule has 39 heavy (non-hydrogen) atoms. The summed E-state index contributed by atoms with van der Waals surface area (Å²) in [5.41, 5.74) is 3.82. The van der Waals surface area contributed by atoms with Crippen molar-refractivity contribution in [1.29, 1.82) is 0 Å². The van der Waals surface area contributed by atoms with Crippen LogP contribution in [0.25, 0.3) is 16.9 Å². The molecule has 0 saturated heterocycles. The van der Waals surface area contributed by atoms with Crippen molar-refractivity contribution in [1.82, 2.24) is 15.1 Å². The van der Waals surface area contributed by atoms with Crippen molar-refractivity contribution >= 4 is 41.0 Å². The Morgan fingerprint density at radius 2 is 1.87 bits per heavy atom. The molecule has 6 nitrogen and oxygen atoms in total. The Morgan fingerprint density at radius 3 is 2.56 bits per heavy atom. The maximum atomic E-state index is 13.9. The number of hydrogen-bond donors (Lipinski definition) is 1. The predicted molar refractivity (Wildman–Crippen MR) is 155 cm³/mol. The molecule has 0 radical (unpaired) electrons. The minimum atomic E-state index is -0.381. The molecule has 1 aromatic heterocycles. The third-order valence-electron chi connectivity index (χ3n) is 6.68. The van der Waals surface area contributed by atoms with Gasteiger partial charge in [0.25, 0.3) is 0 Å². The molecule has 0 saturated carbocycles. The van der Waals surface area contributed by atoms with Gasteiger partial charge in [-0.1, -0.05) is 61.0 Å². The van der Waals surface area contributed by atoms with Crippen molar-refractivity contribution in [3.8, 4) is 16.9 Å². The lowest BCUT2D eigenvalue weighted by atomic mass is 9.99. The lowest BCUT2D eigenvalue weighted by Gasteiger charge is -2.24. The van der Waals surface area contributed by atoms with Crippen LogP contribution in [0.5, 0.6) is 0 Å². The van der Waals surface area contributed by atoms with Crippen LogP contribution in [0.1, 0.15) is 36.6 Å². The standard InChI is InChI=1S/C30H28ClFN4O2S/c1-3-19(2)33-25(37)17-35-26(38)18-39-29(21-10-7-11-22(31)16-21)27-28(20-8-5-4-6-9-20)34-36(30(27)35)24-14-12-23(32)13-15-24/h4-16,19,29H,3,17-18H2,1-2H3,(H,33,37)/t19-,29+/m1/s1. The van der Waals surface area contributed by atoms with Gasteiger partial charge in [0, 0.05) is 22.2 Å². The van der Waals surface area contributed by atoms with E-state index in [9.17, 15) is 14.0 Å². The van der Waals surface area contributed by atoms with Gasteiger partial charge in [-0.05, 0) is 55.3 Å². The minimum absolute atomic E-state index is 0.0328. The molecule has 4 aromatic rings. The van der Waals surface area contributed by atoms with E-state index in [0.29, 0.717) is 22.2 Å². The molecule has 0 fully saturated rings. The summed E-state index contributed by atoms with van der Waals surface area (Å²) in [6.07, 6.45) is 0.767. The summed E-state index contributed by atoms with van der Waals surface area (Å²) in [7, 11) is 0. The van der Waals surface area contributed by atoms with Gasteiger partial charge in [-0.25, -0.2) is 9.07 Å². The predicted octanol–water partition coefficient (Wildman–Crippen LogP) is 6.42. The van der Waals surface area contributed by atoms with E-state index in [0.717, 1.165) is 23.1 Å². The van der Waals surface area contributed by atoms with Gasteiger partial charge in [-0.15, -0.1) is 11.8 Å². The number of benzene rings is 3. The van der Waals surface area contributed by atoms with E-state index in [-0.39, 0.29) is 41.2 Å². The highest BCUT2D eigenvalue weighted by molar-refractivity contribution is 8.00. The number of rotatable bonds is 7. The average Bonchev–Trinajstić information content (AvgIpc) is 3.26. The number of thioether (sulfide) groups is 1. The highest BCUT2D eigenvalue weighted by Gasteiger charge is 2.37. The number of carbonyl (C=O) groups excluding carboxylic acids is 2. The molecular formula is C30H28ClFN4O2S. The van der Waals surface area contributed by atoms with Gasteiger partial charge in [-0.2, -0.15) is 5.10 Å². The smallest absolute Gasteiger partial charge is 0.240 e. The van der Waals surface area contributed by atoms with Gasteiger partial charge < -0.3 is 5.32 Å². The molecule has 0 spiro atoms. The summed E-state index contributed by atoms with van der Waals surface area (Å²) in [4.78, 5) is 28.3. The van der Waals surface area contributed by atoms with Gasteiger partial charge in [0.15, 0.2) is 0 Å². The topological polar surface area (TPSA) is 67.2 Å². The summed E-state index contributed by atoms with van der Waals surface area (Å²) >= 11 is 7.87. The maximum absolute atomic E-state index is 13.9. The summed E-state index contributed by atoms with van der Waals surface area (Å²) < 4.78 is 15.5. The van der Waals surface area contributed by atoms with Crippen molar-refractivity contribution in [2.75, 3.05) is 17.2 Å². The van der Waals surface area contributed by atoms with Crippen LogP contribution in [-0.2, 0) is 9.59 Å². The number of halogens is 2. The lowest BCUT2D eigenvalue weighted by Crippen LogP contribution is -2.44. The van der Waals surface area contributed by atoms with Crippen molar-refractivity contribution in [3.05, 3.63) is 101 Å². The van der Waals surface area contributed by atoms with E-state index in [1.165, 1.54) is 28.8 Å². The van der Waals surface area contributed by atoms with Crippen LogP contribution in [0.4, 0.5) is 10.2 Å². The summed E-state index contributed by atoms with van der Waals surface area (Å²) in [6, 6.07) is 23.2. The van der Waals surface area contributed by atoms with Crippen molar-refractivity contribution in [2.45, 2.75) is 31.6 Å². The van der Waals surface area contributed by atoms with Crippen LogP contribution in [0.3, 0.4) is 0 Å². The second kappa shape index (κ2) is 11.6. The third kappa shape index (κ3) is 5.72. The fourth-order valence-corrected chi connectivity index (χ4v) is 5.98. The number of nitrogens with zero attached hydrogens (tertiary/aromatic N) is 3. The van der Waals surface area contributed by atoms with E-state index >= 15 is 0 Å². The van der Waals surface area contributed by atoms with Gasteiger partial charge in [0.05, 0.1) is 22.4 Å². The normalized spacial score (nSPS) is 15.9. The molecule has 9 heteroatoms. The Kier molecular flexibility index (Phi) is 8.04. The van der Waals surface area contributed by atoms with Crippen LogP contribution in [0.15, 0.2) is 78.9 Å². The lowest BCUT2D eigenvalue weighted by molar-refractivity contribution is -0.123. The van der Waals surface area contributed by atoms with E-state index in [1.807, 2.05) is 68.4 Å². The average molecular weight is 563 g/mol. The molecule has 0 bridgehead atoms. The molecule has 2 heterocycles. The Labute approximate surface area is 236 Å². The SMILES string of the molecule is CC[C@@H](C)NC(=O)CN1C(=O)CS[C@@H](c2cccc(Cl)c2)c2c(-c3ccccc3)nn(-c3ccc(F)cc3)c21. The Bertz CT molecular complexity index is 1490. The van der Waals surface area contributed by atoms with Gasteiger partial charge in [-0.3, -0.25) is 14.5 Å². The van der Waals surface area contributed by atoms with Crippen LogP contribution < -0.4 is 10.2 Å². The first-order valence-corrected chi connectivity index (χ1v) is 14.2. The van der Waals surface area contributed by atoms with Crippen LogP contribution in [-0.4, -0.2) is 39.9 Å². The van der Waals surface area contributed by atoms with E-state index in [1.54, 1.807) is 16.8 Å². The Balaban J connectivity index is 1.77. The maximum Gasteiger partial charge on any atom is 0.240 e. The Hall–Kier alpha value is -3.62. The first-order chi connectivity index (χ1) is 18.9. The fraction of sp³-hybridized carbons (Fsp3) is 0.233. The number of fused-ring (bicyclic) bond motifs is 1. The zero-order valence-electron chi connectivity index (χ0n) is 21.6. The first-order valence-electron chi connectivity index (χ1n) is 12.8. The number of aromatic nitrogens is 2. The first kappa shape index (κ1) is 27.0. The third-order valence-corrected chi connectivity index (χ3v) is 8.17. The number of amides is 2. The molecule has 1 aliphatic rings. The summed E-state index contributed by atoms with van der Waals surface area (Å²) in [5.74, 6) is -0.218. The molecule has 5 rings (SSSR count). The van der Waals surface area contributed by atoms with Crippen molar-refractivity contribution in [3.63, 3.8) is 0 Å². The molecule has 1 N–H and O–H groups in total. The molecular weight excluding hydrogens is 535 g/mol. The van der Waals surface area contributed by atoms with E-state index in [2.05, 4.69) is 5.32 Å². The number of nitrogens with one attached hydrogen (secondary N) is 1. The number of hydrogen-bond acceptors (Lipinski definition) is 4. The number of anilines is 1. The van der Waals surface area contributed by atoms with Crippen molar-refractivity contribution in [2.24, 2.45) is 0 Å². The van der Waals surface area contributed by atoms with Crippen LogP contribution >= 0.6 is 23.4 Å². The minimum Gasteiger partial charge on any atom is -0.352 e. The highest BCUT2D eigenvalue weighted by atomic mass is 35.5. The Morgan fingerprint density at radius 1 is 1.13 bits per heavy atom. The largest absolute Gasteiger partial charge is 0.352 e. The monoisotopic (exact) mass is 562 g/mol. The van der Waals surface area contributed by atoms with E-state index in [4.69, 9.17) is 16.7 Å². The molecule has 2 amide bonds. The molecule has 200 valence electrons. The molecule has 1 aliphatic heterocycles.